The van der Waals surface area contributed by atoms with E-state index in [2.05, 4.69) is 15.0 Å². The van der Waals surface area contributed by atoms with Crippen molar-refractivity contribution in [2.75, 3.05) is 18.0 Å². The first-order valence-corrected chi connectivity index (χ1v) is 7.75. The zero-order chi connectivity index (χ0) is 17.6. The number of carboxylic acid groups (broad SMARTS) is 1. The van der Waals surface area contributed by atoms with Gasteiger partial charge in [-0.15, -0.1) is 0 Å². The lowest BCUT2D eigenvalue weighted by molar-refractivity contribution is -0.141. The van der Waals surface area contributed by atoms with E-state index in [0.717, 1.165) is 11.5 Å². The van der Waals surface area contributed by atoms with Gasteiger partial charge in [-0.3, -0.25) is 4.79 Å². The molecule has 8 heteroatoms. The molecule has 3 aromatic rings. The van der Waals surface area contributed by atoms with Gasteiger partial charge in [-0.2, -0.15) is 0 Å². The number of fused-ring (bicyclic) bond motifs is 1. The lowest BCUT2D eigenvalue weighted by atomic mass is 9.89. The minimum Gasteiger partial charge on any atom is -0.481 e. The minimum absolute atomic E-state index is 0.204. The molecular formula is C17H14F2N4O2. The maximum Gasteiger partial charge on any atom is 0.308 e. The first-order chi connectivity index (χ1) is 12.0. The van der Waals surface area contributed by atoms with E-state index in [0.29, 0.717) is 23.6 Å². The van der Waals surface area contributed by atoms with Gasteiger partial charge in [-0.1, -0.05) is 0 Å². The van der Waals surface area contributed by atoms with Gasteiger partial charge in [0.25, 0.3) is 0 Å². The van der Waals surface area contributed by atoms with E-state index in [4.69, 9.17) is 0 Å². The largest absolute Gasteiger partial charge is 0.481 e. The van der Waals surface area contributed by atoms with Gasteiger partial charge in [0.15, 0.2) is 0 Å². The Morgan fingerprint density at radius 3 is 2.68 bits per heavy atom. The van der Waals surface area contributed by atoms with Crippen molar-refractivity contribution in [2.24, 2.45) is 5.92 Å². The number of aliphatic carboxylic acids is 1. The van der Waals surface area contributed by atoms with Crippen LogP contribution in [0, 0.1) is 17.6 Å². The van der Waals surface area contributed by atoms with Crippen molar-refractivity contribution in [2.45, 2.75) is 5.92 Å². The molecule has 1 aliphatic heterocycles. The van der Waals surface area contributed by atoms with Crippen LogP contribution in [0.3, 0.4) is 0 Å². The normalized spacial score (nSPS) is 20.3. The van der Waals surface area contributed by atoms with E-state index >= 15 is 0 Å². The van der Waals surface area contributed by atoms with Crippen LogP contribution in [0.1, 0.15) is 11.5 Å². The van der Waals surface area contributed by atoms with Crippen molar-refractivity contribution in [1.29, 1.82) is 0 Å². The van der Waals surface area contributed by atoms with Crippen LogP contribution >= 0.6 is 0 Å². The summed E-state index contributed by atoms with van der Waals surface area (Å²) in [6.45, 7) is 0.507. The molecule has 0 bridgehead atoms. The lowest BCUT2D eigenvalue weighted by Crippen LogP contribution is -2.24. The minimum atomic E-state index is -1.00. The molecule has 1 saturated heterocycles. The van der Waals surface area contributed by atoms with E-state index in [1.165, 1.54) is 18.5 Å². The first kappa shape index (κ1) is 15.5. The molecule has 0 unspecified atom stereocenters. The fraction of sp³-hybridized carbons (Fsp3) is 0.235. The van der Waals surface area contributed by atoms with Gasteiger partial charge >= 0.3 is 5.97 Å². The van der Waals surface area contributed by atoms with Crippen LogP contribution in [0.15, 0.2) is 36.8 Å². The van der Waals surface area contributed by atoms with Crippen LogP contribution in [0.5, 0.6) is 0 Å². The summed E-state index contributed by atoms with van der Waals surface area (Å²) in [5.74, 6) is -3.15. The average Bonchev–Trinajstić information content (AvgIpc) is 3.20. The van der Waals surface area contributed by atoms with Crippen LogP contribution in [0.4, 0.5) is 14.6 Å². The van der Waals surface area contributed by atoms with Crippen molar-refractivity contribution in [3.8, 4) is 0 Å². The van der Waals surface area contributed by atoms with Crippen LogP contribution in [0.25, 0.3) is 11.0 Å². The fourth-order valence-corrected chi connectivity index (χ4v) is 3.46. The van der Waals surface area contributed by atoms with Gasteiger partial charge in [0.05, 0.1) is 11.3 Å². The third-order valence-electron chi connectivity index (χ3n) is 4.58. The van der Waals surface area contributed by atoms with Crippen molar-refractivity contribution >= 4 is 22.8 Å². The number of nitrogens with one attached hydrogen (secondary N) is 1. The van der Waals surface area contributed by atoms with Gasteiger partial charge in [-0.05, 0) is 23.8 Å². The second kappa shape index (κ2) is 5.80. The highest BCUT2D eigenvalue weighted by Gasteiger charge is 2.40. The summed E-state index contributed by atoms with van der Waals surface area (Å²) in [5.41, 5.74) is 0.990. The van der Waals surface area contributed by atoms with E-state index in [9.17, 15) is 18.7 Å². The molecule has 0 saturated carbocycles. The summed E-state index contributed by atoms with van der Waals surface area (Å²) in [6.07, 6.45) is 3.13. The number of nitrogens with zero attached hydrogens (tertiary/aromatic N) is 3. The summed E-state index contributed by atoms with van der Waals surface area (Å²) >= 11 is 0. The standard InChI is InChI=1S/C17H14F2N4O2/c18-10-3-9(4-11(19)5-10)13-6-23(7-14(13)17(24)25)16-12-1-2-20-15(12)21-8-22-16/h1-5,8,13-14H,6-7H2,(H,24,25)(H,20,21,22)/t13-,14+/m0/s1. The van der Waals surface area contributed by atoms with E-state index in [-0.39, 0.29) is 6.54 Å². The SMILES string of the molecule is O=C(O)[C@@H]1CN(c2ncnc3[nH]ccc23)C[C@H]1c1cc(F)cc(F)c1. The Bertz CT molecular complexity index is 938. The molecule has 0 aliphatic carbocycles. The molecule has 128 valence electrons. The Morgan fingerprint density at radius 2 is 1.96 bits per heavy atom. The molecule has 2 N–H and O–H groups in total. The predicted molar refractivity (Wildman–Crippen MR) is 86.3 cm³/mol. The van der Waals surface area contributed by atoms with Crippen molar-refractivity contribution < 1.29 is 18.7 Å². The van der Waals surface area contributed by atoms with E-state index in [1.54, 1.807) is 6.20 Å². The van der Waals surface area contributed by atoms with Gasteiger partial charge in [0.1, 0.15) is 29.4 Å². The van der Waals surface area contributed by atoms with Crippen LogP contribution in [-0.4, -0.2) is 39.1 Å². The highest BCUT2D eigenvalue weighted by Crippen LogP contribution is 2.37. The quantitative estimate of drug-likeness (QED) is 0.763. The van der Waals surface area contributed by atoms with Gasteiger partial charge in [0, 0.05) is 31.3 Å². The van der Waals surface area contributed by atoms with E-state index < -0.39 is 29.4 Å². The number of hydrogen-bond acceptors (Lipinski definition) is 4. The maximum atomic E-state index is 13.6. The summed E-state index contributed by atoms with van der Waals surface area (Å²) in [7, 11) is 0. The molecule has 1 aliphatic rings. The Balaban J connectivity index is 1.74. The highest BCUT2D eigenvalue weighted by molar-refractivity contribution is 5.88. The molecular weight excluding hydrogens is 330 g/mol. The third kappa shape index (κ3) is 2.69. The predicted octanol–water partition coefficient (Wildman–Crippen LogP) is 2.54. The molecule has 0 amide bonds. The van der Waals surface area contributed by atoms with Crippen LogP contribution in [-0.2, 0) is 4.79 Å². The number of anilines is 1. The number of aromatic amines is 1. The van der Waals surface area contributed by atoms with Crippen molar-refractivity contribution in [1.82, 2.24) is 15.0 Å². The summed E-state index contributed by atoms with van der Waals surface area (Å²) < 4.78 is 27.1. The molecule has 25 heavy (non-hydrogen) atoms. The number of H-pyrrole nitrogens is 1. The third-order valence-corrected chi connectivity index (χ3v) is 4.58. The van der Waals surface area contributed by atoms with Crippen LogP contribution in [0.2, 0.25) is 0 Å². The number of hydrogen-bond donors (Lipinski definition) is 2. The topological polar surface area (TPSA) is 82.1 Å². The Hall–Kier alpha value is -3.03. The fourth-order valence-electron chi connectivity index (χ4n) is 3.46. The highest BCUT2D eigenvalue weighted by atomic mass is 19.1. The van der Waals surface area contributed by atoms with Crippen molar-refractivity contribution in [3.63, 3.8) is 0 Å². The maximum absolute atomic E-state index is 13.6. The summed E-state index contributed by atoms with van der Waals surface area (Å²) in [4.78, 5) is 24.9. The molecule has 0 radical (unpaired) electrons. The van der Waals surface area contributed by atoms with Gasteiger partial charge < -0.3 is 15.0 Å². The Kier molecular flexibility index (Phi) is 3.60. The molecule has 3 heterocycles. The molecule has 1 fully saturated rings. The average molecular weight is 344 g/mol. The molecule has 2 atom stereocenters. The summed E-state index contributed by atoms with van der Waals surface area (Å²) in [6, 6.07) is 4.98. The monoisotopic (exact) mass is 344 g/mol. The molecule has 1 aromatic carbocycles. The second-order valence-electron chi connectivity index (χ2n) is 6.10. The molecule has 0 spiro atoms. The van der Waals surface area contributed by atoms with E-state index in [1.807, 2.05) is 11.0 Å². The smallest absolute Gasteiger partial charge is 0.308 e. The summed E-state index contributed by atoms with van der Waals surface area (Å²) in [5, 5.41) is 10.3. The number of carboxylic acids is 1. The molecule has 6 nitrogen and oxygen atoms in total. The Labute approximate surface area is 141 Å². The zero-order valence-corrected chi connectivity index (χ0v) is 13.0. The number of carbonyl (C=O) groups is 1. The Morgan fingerprint density at radius 1 is 1.20 bits per heavy atom. The number of halogens is 2. The van der Waals surface area contributed by atoms with Crippen molar-refractivity contribution in [3.05, 3.63) is 54.0 Å². The molecule has 2 aromatic heterocycles. The number of benzene rings is 1. The number of rotatable bonds is 3. The zero-order valence-electron chi connectivity index (χ0n) is 13.0. The lowest BCUT2D eigenvalue weighted by Gasteiger charge is -2.18. The van der Waals surface area contributed by atoms with Crippen LogP contribution < -0.4 is 4.90 Å². The molecule has 4 rings (SSSR count). The second-order valence-corrected chi connectivity index (χ2v) is 6.10. The number of aromatic nitrogens is 3. The first-order valence-electron chi connectivity index (χ1n) is 7.75. The van der Waals surface area contributed by atoms with Gasteiger partial charge in [0.2, 0.25) is 0 Å². The van der Waals surface area contributed by atoms with Gasteiger partial charge in [-0.25, -0.2) is 18.7 Å².